The summed E-state index contributed by atoms with van der Waals surface area (Å²) in [5, 5.41) is 2.67. The van der Waals surface area contributed by atoms with Crippen LogP contribution in [0.5, 0.6) is 0 Å². The van der Waals surface area contributed by atoms with E-state index < -0.39 is 21.5 Å². The first kappa shape index (κ1) is 14.7. The summed E-state index contributed by atoms with van der Waals surface area (Å²) in [6.07, 6.45) is 1.69. The molecular formula is C9H18ClNO3S. The molecule has 1 unspecified atom stereocenters. The quantitative estimate of drug-likeness (QED) is 0.714. The number of nitrogens with one attached hydrogen (secondary N) is 1. The van der Waals surface area contributed by atoms with Gasteiger partial charge >= 0.3 is 0 Å². The van der Waals surface area contributed by atoms with Crippen molar-refractivity contribution in [3.63, 3.8) is 0 Å². The molecule has 4 nitrogen and oxygen atoms in total. The van der Waals surface area contributed by atoms with Crippen molar-refractivity contribution >= 4 is 27.3 Å². The minimum Gasteiger partial charge on any atom is -0.352 e. The van der Waals surface area contributed by atoms with E-state index in [1.807, 2.05) is 13.8 Å². The third kappa shape index (κ3) is 7.62. The maximum Gasteiger partial charge on any atom is 0.235 e. The summed E-state index contributed by atoms with van der Waals surface area (Å²) >= 11 is 5.59. The van der Waals surface area contributed by atoms with Crippen molar-refractivity contribution in [2.75, 3.05) is 17.9 Å². The second-order valence-corrected chi connectivity index (χ2v) is 6.48. The number of alkyl halides is 1. The van der Waals surface area contributed by atoms with E-state index in [0.717, 1.165) is 6.26 Å². The van der Waals surface area contributed by atoms with Gasteiger partial charge in [-0.05, 0) is 12.3 Å². The highest BCUT2D eigenvalue weighted by molar-refractivity contribution is 7.91. The second kappa shape index (κ2) is 6.33. The molecule has 90 valence electrons. The van der Waals surface area contributed by atoms with Crippen molar-refractivity contribution in [2.45, 2.75) is 26.3 Å². The van der Waals surface area contributed by atoms with Crippen LogP contribution < -0.4 is 5.32 Å². The molecule has 0 spiro atoms. The molecule has 0 bridgehead atoms. The topological polar surface area (TPSA) is 63.2 Å². The van der Waals surface area contributed by atoms with Crippen LogP contribution >= 0.6 is 11.6 Å². The first-order valence-corrected chi connectivity index (χ1v) is 7.39. The molecule has 6 heteroatoms. The van der Waals surface area contributed by atoms with Crippen molar-refractivity contribution in [2.24, 2.45) is 5.92 Å². The van der Waals surface area contributed by atoms with Crippen LogP contribution in [0, 0.1) is 5.92 Å². The van der Waals surface area contributed by atoms with Crippen molar-refractivity contribution in [1.82, 2.24) is 5.32 Å². The number of hydrogen-bond donors (Lipinski definition) is 1. The molecule has 0 fully saturated rings. The van der Waals surface area contributed by atoms with Crippen LogP contribution in [-0.4, -0.2) is 38.3 Å². The molecule has 0 aromatic heterocycles. The molecule has 15 heavy (non-hydrogen) atoms. The third-order valence-corrected chi connectivity index (χ3v) is 2.97. The van der Waals surface area contributed by atoms with Gasteiger partial charge in [0.2, 0.25) is 5.91 Å². The summed E-state index contributed by atoms with van der Waals surface area (Å²) in [4.78, 5) is 11.3. The van der Waals surface area contributed by atoms with Gasteiger partial charge in [0.15, 0.2) is 9.84 Å². The maximum atomic E-state index is 11.3. The van der Waals surface area contributed by atoms with E-state index in [-0.39, 0.29) is 12.0 Å². The average molecular weight is 256 g/mol. The predicted molar refractivity (Wildman–Crippen MR) is 61.8 cm³/mol. The molecule has 0 aliphatic carbocycles. The fourth-order valence-corrected chi connectivity index (χ4v) is 1.97. The number of halogens is 1. The molecule has 1 atom stereocenters. The van der Waals surface area contributed by atoms with Crippen molar-refractivity contribution in [3.05, 3.63) is 0 Å². The van der Waals surface area contributed by atoms with Gasteiger partial charge in [-0.1, -0.05) is 13.8 Å². The van der Waals surface area contributed by atoms with Crippen LogP contribution in [0.3, 0.4) is 0 Å². The average Bonchev–Trinajstić information content (AvgIpc) is 1.99. The van der Waals surface area contributed by atoms with Crippen LogP contribution in [0.15, 0.2) is 0 Å². The minimum atomic E-state index is -3.25. The number of sulfone groups is 1. The van der Waals surface area contributed by atoms with Gasteiger partial charge in [0.05, 0.1) is 0 Å². The summed E-state index contributed by atoms with van der Waals surface area (Å²) in [5.41, 5.74) is 0. The highest BCUT2D eigenvalue weighted by Crippen LogP contribution is 2.07. The zero-order valence-corrected chi connectivity index (χ0v) is 10.9. The fraction of sp³-hybridized carbons (Fsp3) is 0.889. The molecule has 0 radical (unpaired) electrons. The Labute approximate surface area is 96.3 Å². The lowest BCUT2D eigenvalue weighted by Gasteiger charge is -2.21. The van der Waals surface area contributed by atoms with E-state index in [0.29, 0.717) is 12.3 Å². The van der Waals surface area contributed by atoms with Crippen molar-refractivity contribution < 1.29 is 13.2 Å². The molecule has 0 aliphatic heterocycles. The standard InChI is InChI=1S/C9H18ClNO3S/c1-7(2)8(4-5-10)11-9(12)6-15(3,13)14/h7-8H,4-6H2,1-3H3,(H,11,12). The lowest BCUT2D eigenvalue weighted by Crippen LogP contribution is -2.41. The Balaban J connectivity index is 4.23. The van der Waals surface area contributed by atoms with Crippen molar-refractivity contribution in [3.8, 4) is 0 Å². The Bertz CT molecular complexity index is 300. The number of carbonyl (C=O) groups excluding carboxylic acids is 1. The normalized spacial score (nSPS) is 13.9. The smallest absolute Gasteiger partial charge is 0.235 e. The zero-order valence-electron chi connectivity index (χ0n) is 9.29. The summed E-state index contributed by atoms with van der Waals surface area (Å²) in [7, 11) is -3.25. The van der Waals surface area contributed by atoms with E-state index in [4.69, 9.17) is 11.6 Å². The van der Waals surface area contributed by atoms with Crippen LogP contribution in [0.2, 0.25) is 0 Å². The van der Waals surface area contributed by atoms with Gasteiger partial charge in [-0.25, -0.2) is 8.42 Å². The second-order valence-electron chi connectivity index (χ2n) is 3.97. The van der Waals surface area contributed by atoms with Crippen LogP contribution in [0.25, 0.3) is 0 Å². The van der Waals surface area contributed by atoms with E-state index >= 15 is 0 Å². The molecule has 0 aromatic carbocycles. The lowest BCUT2D eigenvalue weighted by molar-refractivity contribution is -0.119. The Morgan fingerprint density at radius 1 is 1.40 bits per heavy atom. The molecule has 1 amide bonds. The lowest BCUT2D eigenvalue weighted by atomic mass is 10.0. The Kier molecular flexibility index (Phi) is 6.20. The van der Waals surface area contributed by atoms with E-state index in [9.17, 15) is 13.2 Å². The largest absolute Gasteiger partial charge is 0.352 e. The number of rotatable bonds is 6. The van der Waals surface area contributed by atoms with E-state index in [1.165, 1.54) is 0 Å². The molecule has 0 heterocycles. The van der Waals surface area contributed by atoms with Crippen molar-refractivity contribution in [1.29, 1.82) is 0 Å². The molecule has 0 saturated carbocycles. The highest BCUT2D eigenvalue weighted by atomic mass is 35.5. The third-order valence-electron chi connectivity index (χ3n) is 1.96. The SMILES string of the molecule is CC(C)C(CCCl)NC(=O)CS(C)(=O)=O. The van der Waals surface area contributed by atoms with Gasteiger partial charge in [-0.15, -0.1) is 11.6 Å². The van der Waals surface area contributed by atoms with Gasteiger partial charge in [-0.3, -0.25) is 4.79 Å². The predicted octanol–water partition coefficient (Wildman–Crippen LogP) is 0.801. The van der Waals surface area contributed by atoms with Gasteiger partial charge in [-0.2, -0.15) is 0 Å². The number of hydrogen-bond acceptors (Lipinski definition) is 3. The van der Waals surface area contributed by atoms with Gasteiger partial charge in [0, 0.05) is 18.2 Å². The molecule has 0 aliphatic rings. The molecule has 0 aromatic rings. The number of amides is 1. The minimum absolute atomic E-state index is 0.0586. The molecule has 1 N–H and O–H groups in total. The highest BCUT2D eigenvalue weighted by Gasteiger charge is 2.18. The van der Waals surface area contributed by atoms with Crippen LogP contribution in [0.1, 0.15) is 20.3 Å². The first-order chi connectivity index (χ1) is 6.76. The van der Waals surface area contributed by atoms with E-state index in [1.54, 1.807) is 0 Å². The zero-order chi connectivity index (χ0) is 12.1. The van der Waals surface area contributed by atoms with E-state index in [2.05, 4.69) is 5.32 Å². The summed E-state index contributed by atoms with van der Waals surface area (Å²) in [6, 6.07) is -0.0586. The first-order valence-electron chi connectivity index (χ1n) is 4.79. The molecule has 0 saturated heterocycles. The maximum absolute atomic E-state index is 11.3. The molecular weight excluding hydrogens is 238 g/mol. The van der Waals surface area contributed by atoms with Crippen LogP contribution in [0.4, 0.5) is 0 Å². The Morgan fingerprint density at radius 2 is 1.93 bits per heavy atom. The van der Waals surface area contributed by atoms with Gasteiger partial charge in [0.25, 0.3) is 0 Å². The summed E-state index contributed by atoms with van der Waals surface area (Å²) in [6.45, 7) is 3.91. The Morgan fingerprint density at radius 3 is 2.27 bits per heavy atom. The summed E-state index contributed by atoms with van der Waals surface area (Å²) < 4.78 is 21.7. The fourth-order valence-electron chi connectivity index (χ4n) is 1.18. The Hall–Kier alpha value is -0.290. The van der Waals surface area contributed by atoms with Gasteiger partial charge in [0.1, 0.15) is 5.75 Å². The molecule has 0 rings (SSSR count). The monoisotopic (exact) mass is 255 g/mol. The number of carbonyl (C=O) groups is 1. The van der Waals surface area contributed by atoms with Crippen LogP contribution in [-0.2, 0) is 14.6 Å². The summed E-state index contributed by atoms with van der Waals surface area (Å²) in [5.74, 6) is -0.228. The van der Waals surface area contributed by atoms with Gasteiger partial charge < -0.3 is 5.32 Å².